The molecule has 1 aliphatic heterocycles. The van der Waals surface area contributed by atoms with Crippen LogP contribution in [0.3, 0.4) is 0 Å². The van der Waals surface area contributed by atoms with Crippen LogP contribution in [0.5, 0.6) is 5.75 Å². The molecule has 0 aliphatic carbocycles. The number of carbonyl (C=O) groups excluding carboxylic acids is 3. The van der Waals surface area contributed by atoms with Crippen LogP contribution in [0.4, 0.5) is 10.5 Å². The standard InChI is InChI=1S/C37H38N2O8S/c1-36(2,3)46-34(43)28-17-23(33(41)42)9-12-25(28)26-19-30-29(31-22(13-15-45-30)14-16-48-31)18-27(26)32(40)39-24-10-7-21(8-11-24)20-38-35(44)47-37(4,5)6/h7-12,14,16-19H,13,15,20H2,1-6H3,(H,38,44)(H,39,40)(H,41,42). The summed E-state index contributed by atoms with van der Waals surface area (Å²) >= 11 is 1.55. The van der Waals surface area contributed by atoms with Gasteiger partial charge in [-0.2, -0.15) is 0 Å². The Morgan fingerprint density at radius 2 is 1.54 bits per heavy atom. The molecule has 2 heterocycles. The van der Waals surface area contributed by atoms with E-state index in [2.05, 4.69) is 10.6 Å². The van der Waals surface area contributed by atoms with E-state index in [9.17, 15) is 24.3 Å². The number of carboxylic acid groups (broad SMARTS) is 1. The van der Waals surface area contributed by atoms with Gasteiger partial charge in [0.05, 0.1) is 17.7 Å². The largest absolute Gasteiger partial charge is 0.493 e. The van der Waals surface area contributed by atoms with Crippen LogP contribution in [-0.2, 0) is 22.4 Å². The lowest BCUT2D eigenvalue weighted by Crippen LogP contribution is -2.32. The average molecular weight is 671 g/mol. The summed E-state index contributed by atoms with van der Waals surface area (Å²) in [6, 6.07) is 16.7. The van der Waals surface area contributed by atoms with Gasteiger partial charge in [0.1, 0.15) is 17.0 Å². The molecule has 0 unspecified atom stereocenters. The molecular formula is C37H38N2O8S. The van der Waals surface area contributed by atoms with E-state index in [0.717, 1.165) is 21.6 Å². The van der Waals surface area contributed by atoms with Crippen molar-refractivity contribution in [1.82, 2.24) is 5.32 Å². The number of hydrogen-bond donors (Lipinski definition) is 3. The van der Waals surface area contributed by atoms with Crippen LogP contribution < -0.4 is 15.4 Å². The number of hydrogen-bond acceptors (Lipinski definition) is 8. The van der Waals surface area contributed by atoms with Gasteiger partial charge in [-0.1, -0.05) is 18.2 Å². The van der Waals surface area contributed by atoms with Crippen molar-refractivity contribution in [3.05, 3.63) is 93.9 Å². The number of rotatable bonds is 7. The maximum atomic E-state index is 14.1. The Balaban J connectivity index is 1.54. The van der Waals surface area contributed by atoms with Gasteiger partial charge in [-0.05, 0) is 112 Å². The zero-order valence-electron chi connectivity index (χ0n) is 27.7. The molecule has 1 aliphatic rings. The smallest absolute Gasteiger partial charge is 0.407 e. The topological polar surface area (TPSA) is 140 Å². The Bertz CT molecular complexity index is 1880. The molecule has 0 bridgehead atoms. The summed E-state index contributed by atoms with van der Waals surface area (Å²) in [7, 11) is 0. The quantitative estimate of drug-likeness (QED) is 0.168. The fraction of sp³-hybridized carbons (Fsp3) is 0.297. The first-order valence-electron chi connectivity index (χ1n) is 15.4. The Kier molecular flexibility index (Phi) is 9.63. The van der Waals surface area contributed by atoms with Gasteiger partial charge in [0.15, 0.2) is 0 Å². The number of ether oxygens (including phenoxy) is 3. The van der Waals surface area contributed by atoms with Crippen molar-refractivity contribution in [1.29, 1.82) is 0 Å². The molecule has 0 saturated heterocycles. The summed E-state index contributed by atoms with van der Waals surface area (Å²) in [4.78, 5) is 52.6. The number of benzene rings is 3. The van der Waals surface area contributed by atoms with Crippen molar-refractivity contribution in [3.63, 3.8) is 0 Å². The number of esters is 1. The van der Waals surface area contributed by atoms with Crippen molar-refractivity contribution >= 4 is 41.0 Å². The highest BCUT2D eigenvalue weighted by Crippen LogP contribution is 2.43. The van der Waals surface area contributed by atoms with E-state index < -0.39 is 35.1 Å². The SMILES string of the molecule is CC(C)(C)OC(=O)NCc1ccc(NC(=O)c2cc3c(cc2-c2ccc(C(=O)O)cc2C(=O)OC(C)(C)C)OCCc2ccsc2-3)cc1. The van der Waals surface area contributed by atoms with Crippen molar-refractivity contribution in [2.45, 2.75) is 65.7 Å². The van der Waals surface area contributed by atoms with Crippen LogP contribution in [0, 0.1) is 0 Å². The number of carbonyl (C=O) groups is 4. The predicted molar refractivity (Wildman–Crippen MR) is 184 cm³/mol. The Morgan fingerprint density at radius 1 is 0.833 bits per heavy atom. The molecule has 48 heavy (non-hydrogen) atoms. The zero-order valence-corrected chi connectivity index (χ0v) is 28.5. The first-order chi connectivity index (χ1) is 22.6. The Morgan fingerprint density at radius 3 is 2.21 bits per heavy atom. The molecule has 0 spiro atoms. The molecule has 3 N–H and O–H groups in total. The minimum absolute atomic E-state index is 0.00565. The van der Waals surface area contributed by atoms with Gasteiger partial charge in [-0.25, -0.2) is 14.4 Å². The molecule has 3 aromatic carbocycles. The highest BCUT2D eigenvalue weighted by atomic mass is 32.1. The molecule has 2 amide bonds. The first kappa shape index (κ1) is 34.2. The number of nitrogens with one attached hydrogen (secondary N) is 2. The predicted octanol–water partition coefficient (Wildman–Crippen LogP) is 7.95. The second-order valence-electron chi connectivity index (χ2n) is 13.3. The van der Waals surface area contributed by atoms with Gasteiger partial charge in [0.25, 0.3) is 5.91 Å². The molecule has 0 saturated carbocycles. The van der Waals surface area contributed by atoms with Gasteiger partial charge >= 0.3 is 18.0 Å². The lowest BCUT2D eigenvalue weighted by Gasteiger charge is -2.22. The number of carboxylic acids is 1. The molecule has 0 atom stereocenters. The number of alkyl carbamates (subject to hydrolysis) is 1. The molecule has 0 fully saturated rings. The average Bonchev–Trinajstić information content (AvgIpc) is 3.39. The van der Waals surface area contributed by atoms with Gasteiger partial charge in [-0.3, -0.25) is 4.79 Å². The maximum absolute atomic E-state index is 14.1. The fourth-order valence-electron chi connectivity index (χ4n) is 5.13. The fourth-order valence-corrected chi connectivity index (χ4v) is 6.11. The summed E-state index contributed by atoms with van der Waals surface area (Å²) in [6.07, 6.45) is 0.159. The van der Waals surface area contributed by atoms with Crippen LogP contribution >= 0.6 is 11.3 Å². The van der Waals surface area contributed by atoms with E-state index in [1.54, 1.807) is 89.3 Å². The second kappa shape index (κ2) is 13.5. The van der Waals surface area contributed by atoms with Gasteiger partial charge in [0, 0.05) is 34.7 Å². The van der Waals surface area contributed by atoms with Crippen LogP contribution in [0.1, 0.15) is 83.7 Å². The van der Waals surface area contributed by atoms with Crippen LogP contribution in [-0.4, -0.2) is 46.9 Å². The third kappa shape index (κ3) is 8.21. The van der Waals surface area contributed by atoms with Gasteiger partial charge in [0.2, 0.25) is 0 Å². The third-order valence-electron chi connectivity index (χ3n) is 7.21. The normalized spacial score (nSPS) is 12.5. The van der Waals surface area contributed by atoms with E-state index in [4.69, 9.17) is 14.2 Å². The Hall–Kier alpha value is -5.16. The van der Waals surface area contributed by atoms with Crippen molar-refractivity contribution in [2.24, 2.45) is 0 Å². The molecule has 4 aromatic rings. The zero-order chi connectivity index (χ0) is 34.8. The molecule has 250 valence electrons. The van der Waals surface area contributed by atoms with Crippen molar-refractivity contribution in [3.8, 4) is 27.3 Å². The van der Waals surface area contributed by atoms with Gasteiger partial charge in [-0.15, -0.1) is 11.3 Å². The molecule has 10 nitrogen and oxygen atoms in total. The Labute approximate surface area is 283 Å². The molecule has 0 radical (unpaired) electrons. The van der Waals surface area contributed by atoms with Crippen molar-refractivity contribution in [2.75, 3.05) is 11.9 Å². The highest BCUT2D eigenvalue weighted by Gasteiger charge is 2.28. The summed E-state index contributed by atoms with van der Waals surface area (Å²) < 4.78 is 17.1. The summed E-state index contributed by atoms with van der Waals surface area (Å²) in [6.45, 7) is 11.2. The van der Waals surface area contributed by atoms with Gasteiger partial charge < -0.3 is 30.0 Å². The molecule has 5 rings (SSSR count). The highest BCUT2D eigenvalue weighted by molar-refractivity contribution is 7.13. The third-order valence-corrected chi connectivity index (χ3v) is 8.20. The molecule has 11 heteroatoms. The summed E-state index contributed by atoms with van der Waals surface area (Å²) in [5.41, 5.74) is 2.55. The molecule has 1 aromatic heterocycles. The minimum Gasteiger partial charge on any atom is -0.493 e. The number of thiophene rings is 1. The monoisotopic (exact) mass is 670 g/mol. The summed E-state index contributed by atoms with van der Waals surface area (Å²) in [5, 5.41) is 17.4. The summed E-state index contributed by atoms with van der Waals surface area (Å²) in [5.74, 6) is -1.84. The van der Waals surface area contributed by atoms with E-state index in [1.807, 2.05) is 11.4 Å². The number of amides is 2. The van der Waals surface area contributed by atoms with E-state index in [0.29, 0.717) is 35.6 Å². The van der Waals surface area contributed by atoms with Crippen LogP contribution in [0.2, 0.25) is 0 Å². The van der Waals surface area contributed by atoms with E-state index in [1.165, 1.54) is 18.2 Å². The maximum Gasteiger partial charge on any atom is 0.407 e. The number of aromatic carboxylic acids is 1. The van der Waals surface area contributed by atoms with E-state index >= 15 is 0 Å². The lowest BCUT2D eigenvalue weighted by atomic mass is 9.91. The van der Waals surface area contributed by atoms with Crippen LogP contribution in [0.15, 0.2) is 66.0 Å². The number of anilines is 1. The van der Waals surface area contributed by atoms with E-state index in [-0.39, 0.29) is 23.2 Å². The second-order valence-corrected chi connectivity index (χ2v) is 14.3. The minimum atomic E-state index is -1.20. The molecular weight excluding hydrogens is 632 g/mol. The van der Waals surface area contributed by atoms with Crippen LogP contribution in [0.25, 0.3) is 21.6 Å². The van der Waals surface area contributed by atoms with Crippen molar-refractivity contribution < 1.29 is 38.5 Å². The first-order valence-corrected chi connectivity index (χ1v) is 16.3. The lowest BCUT2D eigenvalue weighted by molar-refractivity contribution is 0.00699. The number of fused-ring (bicyclic) bond motifs is 3.